The normalized spacial score (nSPS) is 18.9. The quantitative estimate of drug-likeness (QED) is 0.850. The molecule has 92 valence electrons. The van der Waals surface area contributed by atoms with Gasteiger partial charge in [-0.25, -0.2) is 0 Å². The van der Waals surface area contributed by atoms with E-state index in [-0.39, 0.29) is 5.91 Å². The van der Waals surface area contributed by atoms with E-state index >= 15 is 0 Å². The summed E-state index contributed by atoms with van der Waals surface area (Å²) in [7, 11) is 0. The highest BCUT2D eigenvalue weighted by molar-refractivity contribution is 5.94. The highest BCUT2D eigenvalue weighted by atomic mass is 16.1. The summed E-state index contributed by atoms with van der Waals surface area (Å²) in [6.45, 7) is 2.23. The Morgan fingerprint density at radius 2 is 1.88 bits per heavy atom. The average molecular weight is 231 g/mol. The standard InChI is InChI=1S/C15H21NO/c1-11(12-7-3-2-4-8-12)13-9-5-6-10-14(13)15(16)17/h5-6,9-12H,2-4,7-8H2,1H3,(H2,16,17)/t11-/m1/s1. The van der Waals surface area contributed by atoms with Gasteiger partial charge < -0.3 is 5.73 Å². The molecule has 0 unspecified atom stereocenters. The number of primary amides is 1. The van der Waals surface area contributed by atoms with Gasteiger partial charge in [0.05, 0.1) is 0 Å². The van der Waals surface area contributed by atoms with Crippen LogP contribution in [0.15, 0.2) is 24.3 Å². The predicted molar refractivity (Wildman–Crippen MR) is 69.9 cm³/mol. The van der Waals surface area contributed by atoms with E-state index in [1.807, 2.05) is 18.2 Å². The number of carbonyl (C=O) groups excluding carboxylic acids is 1. The third-order valence-electron chi connectivity index (χ3n) is 4.07. The molecule has 0 saturated heterocycles. The molecule has 1 saturated carbocycles. The number of carbonyl (C=O) groups is 1. The molecular weight excluding hydrogens is 210 g/mol. The SMILES string of the molecule is C[C@@H](c1ccccc1C(N)=O)C1CCCCC1. The second-order valence-corrected chi connectivity index (χ2v) is 5.14. The lowest BCUT2D eigenvalue weighted by atomic mass is 9.76. The number of benzene rings is 1. The number of hydrogen-bond donors (Lipinski definition) is 1. The summed E-state index contributed by atoms with van der Waals surface area (Å²) in [5.41, 5.74) is 7.27. The van der Waals surface area contributed by atoms with E-state index in [9.17, 15) is 4.79 Å². The van der Waals surface area contributed by atoms with Gasteiger partial charge in [0.1, 0.15) is 0 Å². The van der Waals surface area contributed by atoms with Crippen LogP contribution in [-0.2, 0) is 0 Å². The first kappa shape index (κ1) is 12.2. The fourth-order valence-corrected chi connectivity index (χ4v) is 3.01. The molecule has 1 atom stereocenters. The summed E-state index contributed by atoms with van der Waals surface area (Å²) in [6, 6.07) is 7.79. The van der Waals surface area contributed by atoms with Crippen molar-refractivity contribution < 1.29 is 4.79 Å². The molecule has 2 heteroatoms. The van der Waals surface area contributed by atoms with Gasteiger partial charge in [0.25, 0.3) is 0 Å². The minimum atomic E-state index is -0.303. The third kappa shape index (κ3) is 2.68. The molecule has 2 rings (SSSR count). The van der Waals surface area contributed by atoms with E-state index in [1.165, 1.54) is 32.1 Å². The van der Waals surface area contributed by atoms with Gasteiger partial charge in [-0.05, 0) is 36.3 Å². The van der Waals surface area contributed by atoms with Crippen molar-refractivity contribution in [3.05, 3.63) is 35.4 Å². The number of rotatable bonds is 3. The Morgan fingerprint density at radius 3 is 2.53 bits per heavy atom. The molecule has 2 nitrogen and oxygen atoms in total. The Balaban J connectivity index is 2.23. The summed E-state index contributed by atoms with van der Waals surface area (Å²) >= 11 is 0. The molecule has 17 heavy (non-hydrogen) atoms. The maximum Gasteiger partial charge on any atom is 0.248 e. The molecule has 2 N–H and O–H groups in total. The fourth-order valence-electron chi connectivity index (χ4n) is 3.01. The molecule has 1 aliphatic rings. The lowest BCUT2D eigenvalue weighted by molar-refractivity contribution is 0.0998. The lowest BCUT2D eigenvalue weighted by Gasteiger charge is -2.28. The minimum absolute atomic E-state index is 0.303. The number of amides is 1. The van der Waals surface area contributed by atoms with Crippen LogP contribution in [0, 0.1) is 5.92 Å². The molecule has 0 radical (unpaired) electrons. The van der Waals surface area contributed by atoms with Crippen molar-refractivity contribution in [1.82, 2.24) is 0 Å². The predicted octanol–water partition coefficient (Wildman–Crippen LogP) is 3.47. The number of nitrogens with two attached hydrogens (primary N) is 1. The van der Waals surface area contributed by atoms with Gasteiger partial charge >= 0.3 is 0 Å². The van der Waals surface area contributed by atoms with E-state index in [4.69, 9.17) is 5.73 Å². The Kier molecular flexibility index (Phi) is 3.82. The molecule has 1 amide bonds. The molecule has 1 fully saturated rings. The van der Waals surface area contributed by atoms with Crippen molar-refractivity contribution in [2.75, 3.05) is 0 Å². The zero-order valence-corrected chi connectivity index (χ0v) is 10.5. The van der Waals surface area contributed by atoms with Crippen molar-refractivity contribution >= 4 is 5.91 Å². The average Bonchev–Trinajstić information content (AvgIpc) is 2.39. The van der Waals surface area contributed by atoms with Crippen LogP contribution in [0.1, 0.15) is 60.9 Å². The van der Waals surface area contributed by atoms with Crippen molar-refractivity contribution in [1.29, 1.82) is 0 Å². The smallest absolute Gasteiger partial charge is 0.248 e. The van der Waals surface area contributed by atoms with E-state index in [2.05, 4.69) is 13.0 Å². The van der Waals surface area contributed by atoms with Gasteiger partial charge in [0.15, 0.2) is 0 Å². The van der Waals surface area contributed by atoms with Crippen LogP contribution in [0.5, 0.6) is 0 Å². The molecule has 1 aromatic carbocycles. The second-order valence-electron chi connectivity index (χ2n) is 5.14. The second kappa shape index (κ2) is 5.35. The van der Waals surface area contributed by atoms with Gasteiger partial charge in [0, 0.05) is 5.56 Å². The summed E-state index contributed by atoms with van der Waals surface area (Å²) in [5, 5.41) is 0. The maximum atomic E-state index is 11.4. The van der Waals surface area contributed by atoms with E-state index < -0.39 is 0 Å². The Morgan fingerprint density at radius 1 is 1.24 bits per heavy atom. The molecule has 0 aliphatic heterocycles. The molecule has 1 aromatic rings. The zero-order valence-electron chi connectivity index (χ0n) is 10.5. The first-order valence-electron chi connectivity index (χ1n) is 6.59. The molecule has 0 aromatic heterocycles. The van der Waals surface area contributed by atoms with Crippen LogP contribution in [-0.4, -0.2) is 5.91 Å². The van der Waals surface area contributed by atoms with Crippen LogP contribution < -0.4 is 5.73 Å². The first-order chi connectivity index (χ1) is 8.20. The third-order valence-corrected chi connectivity index (χ3v) is 4.07. The first-order valence-corrected chi connectivity index (χ1v) is 6.59. The van der Waals surface area contributed by atoms with Crippen LogP contribution in [0.25, 0.3) is 0 Å². The van der Waals surface area contributed by atoms with Gasteiger partial charge in [-0.2, -0.15) is 0 Å². The van der Waals surface area contributed by atoms with Crippen LogP contribution in [0.2, 0.25) is 0 Å². The highest BCUT2D eigenvalue weighted by Crippen LogP contribution is 2.36. The van der Waals surface area contributed by atoms with Crippen molar-refractivity contribution in [3.63, 3.8) is 0 Å². The summed E-state index contributed by atoms with van der Waals surface area (Å²) in [6.07, 6.45) is 6.59. The topological polar surface area (TPSA) is 43.1 Å². The summed E-state index contributed by atoms with van der Waals surface area (Å²) in [4.78, 5) is 11.4. The maximum absolute atomic E-state index is 11.4. The van der Waals surface area contributed by atoms with Crippen LogP contribution in [0.4, 0.5) is 0 Å². The van der Waals surface area contributed by atoms with E-state index in [1.54, 1.807) is 0 Å². The van der Waals surface area contributed by atoms with E-state index in [0.29, 0.717) is 17.4 Å². The summed E-state index contributed by atoms with van der Waals surface area (Å²) < 4.78 is 0. The molecule has 1 aliphatic carbocycles. The lowest BCUT2D eigenvalue weighted by Crippen LogP contribution is -2.19. The Labute approximate surface area is 103 Å². The fraction of sp³-hybridized carbons (Fsp3) is 0.533. The molecule has 0 heterocycles. The van der Waals surface area contributed by atoms with Gasteiger partial charge in [0.2, 0.25) is 5.91 Å². The van der Waals surface area contributed by atoms with Gasteiger partial charge in [-0.15, -0.1) is 0 Å². The monoisotopic (exact) mass is 231 g/mol. The van der Waals surface area contributed by atoms with E-state index in [0.717, 1.165) is 5.56 Å². The zero-order chi connectivity index (χ0) is 12.3. The molecular formula is C15H21NO. The van der Waals surface area contributed by atoms with Crippen LogP contribution >= 0.6 is 0 Å². The molecule has 0 spiro atoms. The molecule has 0 bridgehead atoms. The number of hydrogen-bond acceptors (Lipinski definition) is 1. The van der Waals surface area contributed by atoms with Crippen molar-refractivity contribution in [3.8, 4) is 0 Å². The van der Waals surface area contributed by atoms with Crippen LogP contribution in [0.3, 0.4) is 0 Å². The Bertz CT molecular complexity index is 394. The van der Waals surface area contributed by atoms with Gasteiger partial charge in [-0.1, -0.05) is 44.4 Å². The highest BCUT2D eigenvalue weighted by Gasteiger charge is 2.23. The summed E-state index contributed by atoms with van der Waals surface area (Å²) in [5.74, 6) is 0.853. The Hall–Kier alpha value is -1.31. The van der Waals surface area contributed by atoms with Gasteiger partial charge in [-0.3, -0.25) is 4.79 Å². The minimum Gasteiger partial charge on any atom is -0.366 e. The van der Waals surface area contributed by atoms with Crippen molar-refractivity contribution in [2.24, 2.45) is 11.7 Å². The van der Waals surface area contributed by atoms with Crippen molar-refractivity contribution in [2.45, 2.75) is 44.9 Å². The largest absolute Gasteiger partial charge is 0.366 e.